The fourth-order valence-corrected chi connectivity index (χ4v) is 1.30. The number of rotatable bonds is 8. The highest BCUT2D eigenvalue weighted by Gasteiger charge is 2.84. The van der Waals surface area contributed by atoms with Gasteiger partial charge in [0.2, 0.25) is 0 Å². The molecule has 0 N–H and O–H groups in total. The van der Waals surface area contributed by atoms with Crippen LogP contribution in [0.15, 0.2) is 0 Å². The Kier molecular flexibility index (Phi) is 6.31. The van der Waals surface area contributed by atoms with Gasteiger partial charge < -0.3 is 4.74 Å². The van der Waals surface area contributed by atoms with Gasteiger partial charge in [-0.15, -0.1) is 0 Å². The van der Waals surface area contributed by atoms with Crippen LogP contribution in [0.3, 0.4) is 0 Å². The van der Waals surface area contributed by atoms with Gasteiger partial charge in [-0.05, 0) is 6.92 Å². The van der Waals surface area contributed by atoms with Gasteiger partial charge in [0.1, 0.15) is 0 Å². The van der Waals surface area contributed by atoms with E-state index in [1.165, 1.54) is 0 Å². The molecule has 0 atom stereocenters. The second-order valence-electron chi connectivity index (χ2n) is 4.24. The van der Waals surface area contributed by atoms with Gasteiger partial charge in [0, 0.05) is 0 Å². The maximum Gasteiger partial charge on any atom is 0.469 e. The number of alkyl halides is 14. The first-order valence-electron chi connectivity index (χ1n) is 5.70. The van der Waals surface area contributed by atoms with Gasteiger partial charge in [-0.3, -0.25) is 0 Å². The third-order valence-electron chi connectivity index (χ3n) is 2.47. The fraction of sp³-hybridized carbons (Fsp3) is 1.00. The van der Waals surface area contributed by atoms with Crippen LogP contribution in [0.1, 0.15) is 6.92 Å². The molecule has 2 nitrogen and oxygen atoms in total. The summed E-state index contributed by atoms with van der Waals surface area (Å²) in [5, 5.41) is 0. The molecule has 0 fully saturated rings. The second-order valence-corrected chi connectivity index (χ2v) is 4.24. The van der Waals surface area contributed by atoms with E-state index < -0.39 is 54.5 Å². The molecule has 0 aromatic carbocycles. The van der Waals surface area contributed by atoms with Crippen molar-refractivity contribution in [1.82, 2.24) is 4.90 Å². The van der Waals surface area contributed by atoms with E-state index in [1.54, 1.807) is 0 Å². The van der Waals surface area contributed by atoms with Crippen LogP contribution in [0.5, 0.6) is 0 Å². The zero-order valence-corrected chi connectivity index (χ0v) is 11.6. The Labute approximate surface area is 129 Å². The number of hydrogen-bond donors (Lipinski definition) is 0. The lowest BCUT2D eigenvalue weighted by atomic mass is 10.2. The summed E-state index contributed by atoms with van der Waals surface area (Å²) in [5.41, 5.74) is 0. The molecule has 16 heteroatoms. The monoisotopic (exact) mass is 411 g/mol. The molecule has 0 saturated heterocycles. The number of hydrogen-bond acceptors (Lipinski definition) is 2. The molecule has 0 amide bonds. The molecule has 0 aliphatic heterocycles. The van der Waals surface area contributed by atoms with E-state index in [1.807, 2.05) is 0 Å². The van der Waals surface area contributed by atoms with E-state index in [0.29, 0.717) is 6.92 Å². The Bertz CT molecular complexity index is 458. The number of halogens is 14. The summed E-state index contributed by atoms with van der Waals surface area (Å²) in [6, 6.07) is -22.4. The van der Waals surface area contributed by atoms with Crippen molar-refractivity contribution < 1.29 is 66.2 Å². The number of ether oxygens (including phenoxy) is 1. The summed E-state index contributed by atoms with van der Waals surface area (Å²) in [7, 11) is 0. The molecule has 0 aromatic rings. The number of nitrogens with zero attached hydrogens (tertiary/aromatic N) is 1. The molecule has 0 heterocycles. The lowest BCUT2D eigenvalue weighted by Crippen LogP contribution is -2.74. The largest absolute Gasteiger partial charge is 0.469 e. The minimum Gasteiger partial charge on any atom is -0.315 e. The van der Waals surface area contributed by atoms with Crippen LogP contribution >= 0.6 is 0 Å². The van der Waals surface area contributed by atoms with Gasteiger partial charge in [0.05, 0.1) is 6.61 Å². The molecular formula is C9H7F14NO. The SMILES string of the molecule is CCOC(F)(F)C(F)(F)N(C(F)(F)C(F)(F)F)C(F)(F)C(F)(F)CF. The standard InChI is InChI=1S/C9H7F14NO/c1-2-25-9(22,23)8(20,21)24(7(18,19)5(13,14)15)6(16,17)4(11,12)3-10/h2-3H2,1H3. The van der Waals surface area contributed by atoms with Crippen molar-refractivity contribution in [3.05, 3.63) is 0 Å². The molecule has 25 heavy (non-hydrogen) atoms. The molecule has 0 saturated carbocycles. The van der Waals surface area contributed by atoms with Crippen molar-refractivity contribution in [2.45, 2.75) is 43.3 Å². The zero-order valence-electron chi connectivity index (χ0n) is 11.6. The molecule has 0 rings (SSSR count). The quantitative estimate of drug-likeness (QED) is 0.418. The highest BCUT2D eigenvalue weighted by molar-refractivity contribution is 4.97. The van der Waals surface area contributed by atoms with E-state index in [0.717, 1.165) is 0 Å². The van der Waals surface area contributed by atoms with E-state index in [4.69, 9.17) is 0 Å². The maximum atomic E-state index is 13.4. The summed E-state index contributed by atoms with van der Waals surface area (Å²) < 4.78 is 182. The first kappa shape index (κ1) is 23.9. The van der Waals surface area contributed by atoms with Crippen molar-refractivity contribution in [1.29, 1.82) is 0 Å². The molecule has 0 unspecified atom stereocenters. The van der Waals surface area contributed by atoms with E-state index in [2.05, 4.69) is 4.74 Å². The average Bonchev–Trinajstić information content (AvgIpc) is 2.35. The van der Waals surface area contributed by atoms with Crippen molar-refractivity contribution in [3.8, 4) is 0 Å². The highest BCUT2D eigenvalue weighted by Crippen LogP contribution is 2.55. The van der Waals surface area contributed by atoms with Crippen LogP contribution in [0.25, 0.3) is 0 Å². The van der Waals surface area contributed by atoms with Gasteiger partial charge in [0.25, 0.3) is 0 Å². The van der Waals surface area contributed by atoms with Gasteiger partial charge >= 0.3 is 36.3 Å². The first-order valence-corrected chi connectivity index (χ1v) is 5.70. The van der Waals surface area contributed by atoms with Gasteiger partial charge in [-0.1, -0.05) is 4.90 Å². The summed E-state index contributed by atoms with van der Waals surface area (Å²) >= 11 is 0. The molecule has 0 aliphatic carbocycles. The smallest absolute Gasteiger partial charge is 0.315 e. The first-order chi connectivity index (χ1) is 10.7. The van der Waals surface area contributed by atoms with Gasteiger partial charge in [-0.2, -0.15) is 57.1 Å². The van der Waals surface area contributed by atoms with Crippen LogP contribution < -0.4 is 0 Å². The molecular weight excluding hydrogens is 404 g/mol. The average molecular weight is 411 g/mol. The van der Waals surface area contributed by atoms with Gasteiger partial charge in [0.15, 0.2) is 6.67 Å². The predicted octanol–water partition coefficient (Wildman–Crippen LogP) is 4.86. The molecule has 152 valence electrons. The highest BCUT2D eigenvalue weighted by atomic mass is 19.4. The molecule has 0 spiro atoms. The molecule has 0 bridgehead atoms. The minimum absolute atomic E-state index is 0.477. The van der Waals surface area contributed by atoms with Crippen LogP contribution in [0.2, 0.25) is 0 Å². The van der Waals surface area contributed by atoms with Crippen LogP contribution in [-0.2, 0) is 4.74 Å². The van der Waals surface area contributed by atoms with Crippen molar-refractivity contribution in [2.24, 2.45) is 0 Å². The van der Waals surface area contributed by atoms with Crippen LogP contribution in [0.4, 0.5) is 61.5 Å². The molecule has 0 radical (unpaired) electrons. The lowest BCUT2D eigenvalue weighted by Gasteiger charge is -2.44. The Morgan fingerprint density at radius 2 is 1.08 bits per heavy atom. The minimum atomic E-state index is -7.64. The summed E-state index contributed by atoms with van der Waals surface area (Å²) in [5.74, 6) is -6.62. The third-order valence-corrected chi connectivity index (χ3v) is 2.47. The van der Waals surface area contributed by atoms with Crippen LogP contribution in [-0.4, -0.2) is 54.5 Å². The second kappa shape index (κ2) is 6.59. The Morgan fingerprint density at radius 3 is 1.36 bits per heavy atom. The molecule has 0 aliphatic rings. The van der Waals surface area contributed by atoms with E-state index >= 15 is 0 Å². The summed E-state index contributed by atoms with van der Waals surface area (Å²) in [6.45, 7) is -4.77. The summed E-state index contributed by atoms with van der Waals surface area (Å²) in [6.07, 6.45) is -14.0. The Morgan fingerprint density at radius 1 is 0.680 bits per heavy atom. The van der Waals surface area contributed by atoms with Crippen LogP contribution in [0, 0.1) is 0 Å². The van der Waals surface area contributed by atoms with Crippen molar-refractivity contribution >= 4 is 0 Å². The van der Waals surface area contributed by atoms with Crippen molar-refractivity contribution in [2.75, 3.05) is 13.3 Å². The normalized spacial score (nSPS) is 15.8. The zero-order chi connectivity index (χ0) is 20.7. The third kappa shape index (κ3) is 3.88. The topological polar surface area (TPSA) is 12.5 Å². The van der Waals surface area contributed by atoms with E-state index in [-0.39, 0.29) is 0 Å². The Hall–Kier alpha value is -1.06. The summed E-state index contributed by atoms with van der Waals surface area (Å²) in [4.78, 5) is -4.10. The maximum absolute atomic E-state index is 13.4. The van der Waals surface area contributed by atoms with E-state index in [9.17, 15) is 61.5 Å². The molecule has 0 aromatic heterocycles. The van der Waals surface area contributed by atoms with Gasteiger partial charge in [-0.25, -0.2) is 4.39 Å². The predicted molar refractivity (Wildman–Crippen MR) is 50.2 cm³/mol. The fourth-order valence-electron chi connectivity index (χ4n) is 1.30. The Balaban J connectivity index is 6.69. The lowest BCUT2D eigenvalue weighted by molar-refractivity contribution is -0.508. The van der Waals surface area contributed by atoms with Crippen molar-refractivity contribution in [3.63, 3.8) is 0 Å².